The van der Waals surface area contributed by atoms with Crippen LogP contribution in [0.15, 0.2) is 54.1 Å². The molecule has 0 saturated carbocycles. The van der Waals surface area contributed by atoms with E-state index < -0.39 is 0 Å². The van der Waals surface area contributed by atoms with Gasteiger partial charge in [0.1, 0.15) is 0 Å². The summed E-state index contributed by atoms with van der Waals surface area (Å²) in [5, 5.41) is 0. The van der Waals surface area contributed by atoms with E-state index in [9.17, 15) is 0 Å². The average Bonchev–Trinajstić information content (AvgIpc) is 2.24. The van der Waals surface area contributed by atoms with Gasteiger partial charge in [-0.2, -0.15) is 0 Å². The van der Waals surface area contributed by atoms with Crippen LogP contribution in [0.1, 0.15) is 37.7 Å². The molecular formula is C15H18. The smallest absolute Gasteiger partial charge is 0.0124 e. The van der Waals surface area contributed by atoms with Gasteiger partial charge in [0.05, 0.1) is 0 Å². The van der Waals surface area contributed by atoms with Crippen molar-refractivity contribution in [3.8, 4) is 0 Å². The lowest BCUT2D eigenvalue weighted by molar-refractivity contribution is 0.636. The van der Waals surface area contributed by atoms with E-state index in [0.29, 0.717) is 5.92 Å². The molecule has 0 amide bonds. The van der Waals surface area contributed by atoms with E-state index in [-0.39, 0.29) is 0 Å². The third-order valence-corrected chi connectivity index (χ3v) is 3.05. The van der Waals surface area contributed by atoms with Crippen LogP contribution in [0.3, 0.4) is 0 Å². The molecule has 0 aliphatic heterocycles. The molecule has 1 aliphatic rings. The largest absolute Gasteiger partial charge is 0.0837 e. The second kappa shape index (κ2) is 4.97. The van der Waals surface area contributed by atoms with E-state index in [4.69, 9.17) is 0 Å². The number of hydrogen-bond donors (Lipinski definition) is 0. The maximum Gasteiger partial charge on any atom is -0.0124 e. The molecule has 1 aromatic rings. The fourth-order valence-electron chi connectivity index (χ4n) is 2.14. The SMILES string of the molecule is CC1=CCCC(c2ccccc2)CC=C1. The summed E-state index contributed by atoms with van der Waals surface area (Å²) in [7, 11) is 0. The van der Waals surface area contributed by atoms with Crippen molar-refractivity contribution in [1.82, 2.24) is 0 Å². The Bertz CT molecular complexity index is 357. The highest BCUT2D eigenvalue weighted by atomic mass is 14.1. The van der Waals surface area contributed by atoms with Gasteiger partial charge in [-0.1, -0.05) is 54.1 Å². The van der Waals surface area contributed by atoms with Crippen LogP contribution >= 0.6 is 0 Å². The maximum atomic E-state index is 2.34. The van der Waals surface area contributed by atoms with Gasteiger partial charge >= 0.3 is 0 Å². The fourth-order valence-corrected chi connectivity index (χ4v) is 2.14. The molecule has 0 fully saturated rings. The lowest BCUT2D eigenvalue weighted by Crippen LogP contribution is -1.98. The molecule has 1 aromatic carbocycles. The number of benzene rings is 1. The van der Waals surface area contributed by atoms with Crippen LogP contribution in [0.4, 0.5) is 0 Å². The van der Waals surface area contributed by atoms with Crippen LogP contribution in [-0.4, -0.2) is 0 Å². The first-order valence-electron chi connectivity index (χ1n) is 5.74. The van der Waals surface area contributed by atoms with Crippen LogP contribution in [0.5, 0.6) is 0 Å². The van der Waals surface area contributed by atoms with Crippen LogP contribution in [0.25, 0.3) is 0 Å². The van der Waals surface area contributed by atoms with E-state index in [1.165, 1.54) is 30.4 Å². The molecule has 0 bridgehead atoms. The van der Waals surface area contributed by atoms with Gasteiger partial charge in [-0.15, -0.1) is 0 Å². The zero-order valence-electron chi connectivity index (χ0n) is 9.32. The third-order valence-electron chi connectivity index (χ3n) is 3.05. The second-order valence-electron chi connectivity index (χ2n) is 4.27. The van der Waals surface area contributed by atoms with Crippen molar-refractivity contribution in [3.05, 3.63) is 59.7 Å². The summed E-state index contributed by atoms with van der Waals surface area (Å²) in [6, 6.07) is 10.9. The van der Waals surface area contributed by atoms with Crippen molar-refractivity contribution in [2.24, 2.45) is 0 Å². The van der Waals surface area contributed by atoms with Gasteiger partial charge in [0.2, 0.25) is 0 Å². The zero-order chi connectivity index (χ0) is 10.5. The Morgan fingerprint density at radius 2 is 1.93 bits per heavy atom. The predicted octanol–water partition coefficient (Wildman–Crippen LogP) is 4.46. The van der Waals surface area contributed by atoms with Gasteiger partial charge in [0.25, 0.3) is 0 Å². The van der Waals surface area contributed by atoms with Crippen molar-refractivity contribution in [2.45, 2.75) is 32.1 Å². The molecule has 2 rings (SSSR count). The molecule has 1 unspecified atom stereocenters. The van der Waals surface area contributed by atoms with Crippen LogP contribution in [-0.2, 0) is 0 Å². The fraction of sp³-hybridized carbons (Fsp3) is 0.333. The molecule has 0 nitrogen and oxygen atoms in total. The number of rotatable bonds is 1. The normalized spacial score (nSPS) is 21.7. The topological polar surface area (TPSA) is 0 Å². The third kappa shape index (κ3) is 2.82. The summed E-state index contributed by atoms with van der Waals surface area (Å²) in [6.45, 7) is 2.18. The average molecular weight is 198 g/mol. The summed E-state index contributed by atoms with van der Waals surface area (Å²) < 4.78 is 0. The molecule has 0 spiro atoms. The van der Waals surface area contributed by atoms with Crippen LogP contribution in [0.2, 0.25) is 0 Å². The molecule has 15 heavy (non-hydrogen) atoms. The van der Waals surface area contributed by atoms with Crippen molar-refractivity contribution in [3.63, 3.8) is 0 Å². The number of allylic oxidation sites excluding steroid dienone is 4. The standard InChI is InChI=1S/C15H18/c1-13-7-5-11-15(12-6-8-13)14-9-3-2-4-10-14/h2-5,7-10,15H,6,11-12H2,1H3. The van der Waals surface area contributed by atoms with Gasteiger partial charge in [0, 0.05) is 0 Å². The summed E-state index contributed by atoms with van der Waals surface area (Å²) in [6.07, 6.45) is 10.5. The van der Waals surface area contributed by atoms with Crippen molar-refractivity contribution >= 4 is 0 Å². The van der Waals surface area contributed by atoms with E-state index >= 15 is 0 Å². The zero-order valence-corrected chi connectivity index (χ0v) is 9.32. The Hall–Kier alpha value is -1.30. The minimum atomic E-state index is 0.701. The highest BCUT2D eigenvalue weighted by Gasteiger charge is 2.09. The van der Waals surface area contributed by atoms with Crippen molar-refractivity contribution in [1.29, 1.82) is 0 Å². The molecule has 0 heteroatoms. The quantitative estimate of drug-likeness (QED) is 0.625. The summed E-state index contributed by atoms with van der Waals surface area (Å²) in [5.41, 5.74) is 2.89. The highest BCUT2D eigenvalue weighted by molar-refractivity contribution is 5.23. The lowest BCUT2D eigenvalue weighted by Gasteiger charge is -2.16. The summed E-state index contributed by atoms with van der Waals surface area (Å²) in [5.74, 6) is 0.701. The monoisotopic (exact) mass is 198 g/mol. The molecular weight excluding hydrogens is 180 g/mol. The summed E-state index contributed by atoms with van der Waals surface area (Å²) in [4.78, 5) is 0. The first-order valence-corrected chi connectivity index (χ1v) is 5.74. The Kier molecular flexibility index (Phi) is 3.39. The van der Waals surface area contributed by atoms with Crippen molar-refractivity contribution < 1.29 is 0 Å². The molecule has 1 atom stereocenters. The maximum absolute atomic E-state index is 2.34. The van der Waals surface area contributed by atoms with E-state index in [2.05, 4.69) is 55.5 Å². The molecule has 0 radical (unpaired) electrons. The van der Waals surface area contributed by atoms with Gasteiger partial charge in [0.15, 0.2) is 0 Å². The Labute approximate surface area is 92.3 Å². The highest BCUT2D eigenvalue weighted by Crippen LogP contribution is 2.27. The van der Waals surface area contributed by atoms with E-state index in [1.54, 1.807) is 0 Å². The minimum absolute atomic E-state index is 0.701. The van der Waals surface area contributed by atoms with Gasteiger partial charge in [-0.05, 0) is 37.7 Å². The van der Waals surface area contributed by atoms with E-state index in [0.717, 1.165) is 0 Å². The molecule has 78 valence electrons. The Balaban J connectivity index is 2.10. The summed E-state index contributed by atoms with van der Waals surface area (Å²) >= 11 is 0. The Morgan fingerprint density at radius 3 is 2.73 bits per heavy atom. The lowest BCUT2D eigenvalue weighted by atomic mass is 9.89. The number of hydrogen-bond acceptors (Lipinski definition) is 0. The first-order chi connectivity index (χ1) is 7.36. The van der Waals surface area contributed by atoms with E-state index in [1.807, 2.05) is 0 Å². The van der Waals surface area contributed by atoms with Crippen LogP contribution < -0.4 is 0 Å². The molecule has 0 N–H and O–H groups in total. The molecule has 0 saturated heterocycles. The second-order valence-corrected chi connectivity index (χ2v) is 4.27. The molecule has 1 aliphatic carbocycles. The predicted molar refractivity (Wildman–Crippen MR) is 65.9 cm³/mol. The molecule has 0 heterocycles. The van der Waals surface area contributed by atoms with Crippen molar-refractivity contribution in [2.75, 3.05) is 0 Å². The first kappa shape index (κ1) is 10.2. The minimum Gasteiger partial charge on any atom is -0.0837 e. The van der Waals surface area contributed by atoms with Gasteiger partial charge < -0.3 is 0 Å². The van der Waals surface area contributed by atoms with Gasteiger partial charge in [-0.25, -0.2) is 0 Å². The van der Waals surface area contributed by atoms with Gasteiger partial charge in [-0.3, -0.25) is 0 Å². The van der Waals surface area contributed by atoms with Crippen LogP contribution in [0, 0.1) is 0 Å². The molecule has 0 aromatic heterocycles. The Morgan fingerprint density at radius 1 is 1.13 bits per heavy atom.